The van der Waals surface area contributed by atoms with Crippen molar-refractivity contribution in [1.82, 2.24) is 5.32 Å². The van der Waals surface area contributed by atoms with E-state index in [0.29, 0.717) is 12.0 Å². The Morgan fingerprint density at radius 1 is 1.44 bits per heavy atom. The van der Waals surface area contributed by atoms with Crippen LogP contribution in [0.3, 0.4) is 0 Å². The van der Waals surface area contributed by atoms with E-state index in [1.54, 1.807) is 11.3 Å². The third kappa shape index (κ3) is 3.06. The fraction of sp³-hybridized carbons (Fsp3) is 0.667. The number of aliphatic hydroxyl groups is 1. The molecule has 90 valence electrons. The largest absolute Gasteiger partial charge is 0.396 e. The van der Waals surface area contributed by atoms with Crippen LogP contribution in [0.1, 0.15) is 30.6 Å². The van der Waals surface area contributed by atoms with E-state index in [4.69, 9.17) is 5.11 Å². The van der Waals surface area contributed by atoms with E-state index in [1.165, 1.54) is 27.9 Å². The first-order valence-electron chi connectivity index (χ1n) is 5.80. The van der Waals surface area contributed by atoms with Crippen LogP contribution in [-0.2, 0) is 6.54 Å². The Bertz CT molecular complexity index is 336. The van der Waals surface area contributed by atoms with Crippen molar-refractivity contribution >= 4 is 27.3 Å². The van der Waals surface area contributed by atoms with Gasteiger partial charge in [-0.1, -0.05) is 6.42 Å². The van der Waals surface area contributed by atoms with Gasteiger partial charge in [0.1, 0.15) is 0 Å². The molecular weight excluding hydrogens is 286 g/mol. The molecule has 1 fully saturated rings. The first kappa shape index (κ1) is 12.6. The van der Waals surface area contributed by atoms with Gasteiger partial charge in [0.15, 0.2) is 0 Å². The number of rotatable bonds is 6. The monoisotopic (exact) mass is 303 g/mol. The maximum atomic E-state index is 9.05. The van der Waals surface area contributed by atoms with E-state index in [2.05, 4.69) is 33.4 Å². The van der Waals surface area contributed by atoms with Crippen molar-refractivity contribution in [3.05, 3.63) is 20.8 Å². The van der Waals surface area contributed by atoms with Gasteiger partial charge < -0.3 is 10.4 Å². The van der Waals surface area contributed by atoms with Crippen molar-refractivity contribution in [2.45, 2.75) is 32.2 Å². The van der Waals surface area contributed by atoms with E-state index in [9.17, 15) is 0 Å². The van der Waals surface area contributed by atoms with Gasteiger partial charge in [-0.2, -0.15) is 0 Å². The normalized spacial score (nSPS) is 18.4. The lowest BCUT2D eigenvalue weighted by Crippen LogP contribution is -2.40. The zero-order chi connectivity index (χ0) is 11.4. The number of hydrogen-bond acceptors (Lipinski definition) is 3. The van der Waals surface area contributed by atoms with Gasteiger partial charge in [-0.15, -0.1) is 11.3 Å². The van der Waals surface area contributed by atoms with Crippen LogP contribution in [-0.4, -0.2) is 18.3 Å². The average Bonchev–Trinajstić information content (AvgIpc) is 2.60. The molecule has 0 aliphatic heterocycles. The van der Waals surface area contributed by atoms with Crippen LogP contribution in [0, 0.1) is 5.41 Å². The maximum Gasteiger partial charge on any atom is 0.0701 e. The minimum atomic E-state index is 0.326. The first-order valence-corrected chi connectivity index (χ1v) is 7.41. The minimum Gasteiger partial charge on any atom is -0.396 e. The van der Waals surface area contributed by atoms with Gasteiger partial charge in [-0.05, 0) is 52.7 Å². The van der Waals surface area contributed by atoms with Crippen LogP contribution in [0.25, 0.3) is 0 Å². The number of hydrogen-bond donors (Lipinski definition) is 2. The molecule has 1 aliphatic rings. The number of thiophene rings is 1. The maximum absolute atomic E-state index is 9.05. The number of nitrogens with one attached hydrogen (secondary N) is 1. The second-order valence-corrected chi connectivity index (χ2v) is 7.18. The Kier molecular flexibility index (Phi) is 4.41. The highest BCUT2D eigenvalue weighted by Gasteiger charge is 2.35. The molecule has 0 saturated heterocycles. The summed E-state index contributed by atoms with van der Waals surface area (Å²) in [7, 11) is 0. The van der Waals surface area contributed by atoms with E-state index < -0.39 is 0 Å². The Morgan fingerprint density at radius 2 is 2.25 bits per heavy atom. The number of halogens is 1. The van der Waals surface area contributed by atoms with Crippen molar-refractivity contribution in [3.63, 3.8) is 0 Å². The molecular formula is C12H18BrNOS. The van der Waals surface area contributed by atoms with Crippen molar-refractivity contribution in [2.75, 3.05) is 13.2 Å². The average molecular weight is 304 g/mol. The Balaban J connectivity index is 1.74. The van der Waals surface area contributed by atoms with E-state index in [-0.39, 0.29) is 0 Å². The third-order valence-corrected chi connectivity index (χ3v) is 5.11. The molecule has 1 aliphatic carbocycles. The van der Waals surface area contributed by atoms with Crippen LogP contribution in [0.2, 0.25) is 0 Å². The molecule has 0 radical (unpaired) electrons. The molecule has 0 spiro atoms. The Hall–Kier alpha value is 0.1000. The molecule has 1 heterocycles. The second-order valence-electron chi connectivity index (χ2n) is 4.64. The molecule has 0 unspecified atom stereocenters. The van der Waals surface area contributed by atoms with Crippen LogP contribution in [0.4, 0.5) is 0 Å². The first-order chi connectivity index (χ1) is 7.74. The molecule has 1 aromatic rings. The molecule has 0 aromatic carbocycles. The molecule has 2 rings (SSSR count). The highest BCUT2D eigenvalue weighted by atomic mass is 79.9. The van der Waals surface area contributed by atoms with Crippen molar-refractivity contribution < 1.29 is 5.11 Å². The molecule has 2 N–H and O–H groups in total. The zero-order valence-electron chi connectivity index (χ0n) is 9.34. The molecule has 0 amide bonds. The van der Waals surface area contributed by atoms with Gasteiger partial charge >= 0.3 is 0 Å². The summed E-state index contributed by atoms with van der Waals surface area (Å²) in [5, 5.41) is 12.6. The fourth-order valence-corrected chi connectivity index (χ4v) is 3.78. The topological polar surface area (TPSA) is 32.3 Å². The van der Waals surface area contributed by atoms with Gasteiger partial charge in [0.05, 0.1) is 3.79 Å². The summed E-state index contributed by atoms with van der Waals surface area (Å²) in [5.74, 6) is 0. The van der Waals surface area contributed by atoms with Crippen LogP contribution in [0.15, 0.2) is 15.9 Å². The summed E-state index contributed by atoms with van der Waals surface area (Å²) >= 11 is 5.25. The summed E-state index contributed by atoms with van der Waals surface area (Å²) in [5.41, 5.74) is 0.392. The van der Waals surface area contributed by atoms with Crippen molar-refractivity contribution in [3.8, 4) is 0 Å². The van der Waals surface area contributed by atoms with Crippen LogP contribution >= 0.6 is 27.3 Å². The smallest absolute Gasteiger partial charge is 0.0701 e. The molecule has 4 heteroatoms. The summed E-state index contributed by atoms with van der Waals surface area (Å²) in [6, 6.07) is 4.25. The predicted molar refractivity (Wildman–Crippen MR) is 71.7 cm³/mol. The molecule has 1 aromatic heterocycles. The quantitative estimate of drug-likeness (QED) is 0.846. The fourth-order valence-electron chi connectivity index (χ4n) is 2.33. The molecule has 1 saturated carbocycles. The summed E-state index contributed by atoms with van der Waals surface area (Å²) in [6.07, 6.45) is 4.82. The lowest BCUT2D eigenvalue weighted by Gasteiger charge is -2.42. The molecule has 16 heavy (non-hydrogen) atoms. The minimum absolute atomic E-state index is 0.326. The van der Waals surface area contributed by atoms with Gasteiger partial charge in [0, 0.05) is 24.6 Å². The van der Waals surface area contributed by atoms with E-state index >= 15 is 0 Å². The van der Waals surface area contributed by atoms with Crippen molar-refractivity contribution in [2.24, 2.45) is 5.41 Å². The molecule has 0 bridgehead atoms. The lowest BCUT2D eigenvalue weighted by molar-refractivity contribution is 0.0860. The number of aliphatic hydroxyl groups excluding tert-OH is 1. The van der Waals surface area contributed by atoms with Gasteiger partial charge in [-0.3, -0.25) is 0 Å². The summed E-state index contributed by atoms with van der Waals surface area (Å²) in [4.78, 5) is 1.37. The van der Waals surface area contributed by atoms with E-state index in [1.807, 2.05) is 0 Å². The van der Waals surface area contributed by atoms with Crippen LogP contribution in [0.5, 0.6) is 0 Å². The van der Waals surface area contributed by atoms with Gasteiger partial charge in [0.25, 0.3) is 0 Å². The standard InChI is InChI=1S/C12H18BrNOS/c13-11-3-2-10(16-11)8-14-9-12(6-7-15)4-1-5-12/h2-3,14-15H,1,4-9H2. The Morgan fingerprint density at radius 3 is 2.75 bits per heavy atom. The lowest BCUT2D eigenvalue weighted by atomic mass is 9.67. The summed E-state index contributed by atoms with van der Waals surface area (Å²) < 4.78 is 1.19. The summed E-state index contributed by atoms with van der Waals surface area (Å²) in [6.45, 7) is 2.32. The molecule has 0 atom stereocenters. The van der Waals surface area contributed by atoms with Gasteiger partial charge in [0.2, 0.25) is 0 Å². The van der Waals surface area contributed by atoms with E-state index in [0.717, 1.165) is 19.5 Å². The van der Waals surface area contributed by atoms with Crippen molar-refractivity contribution in [1.29, 1.82) is 0 Å². The predicted octanol–water partition coefficient (Wildman–Crippen LogP) is 3.15. The van der Waals surface area contributed by atoms with Gasteiger partial charge in [-0.25, -0.2) is 0 Å². The Labute approximate surface area is 109 Å². The highest BCUT2D eigenvalue weighted by molar-refractivity contribution is 9.11. The second kappa shape index (κ2) is 5.63. The highest BCUT2D eigenvalue weighted by Crippen LogP contribution is 2.43. The van der Waals surface area contributed by atoms with Crippen LogP contribution < -0.4 is 5.32 Å². The zero-order valence-corrected chi connectivity index (χ0v) is 11.7. The molecule has 2 nitrogen and oxygen atoms in total. The third-order valence-electron chi connectivity index (χ3n) is 3.48. The SMILES string of the molecule is OCCC1(CNCc2ccc(Br)s2)CCC1.